The van der Waals surface area contributed by atoms with Gasteiger partial charge in [-0.05, 0) is 23.8 Å². The van der Waals surface area contributed by atoms with Crippen molar-refractivity contribution in [3.63, 3.8) is 0 Å². The molecule has 5 heteroatoms. The van der Waals surface area contributed by atoms with Gasteiger partial charge in [-0.3, -0.25) is 9.59 Å². The Labute approximate surface area is 128 Å². The minimum atomic E-state index is -0.349. The van der Waals surface area contributed by atoms with Gasteiger partial charge in [0.1, 0.15) is 11.5 Å². The second-order valence-electron chi connectivity index (χ2n) is 4.91. The van der Waals surface area contributed by atoms with Crippen molar-refractivity contribution in [3.8, 4) is 11.5 Å². The Hall–Kier alpha value is -2.82. The van der Waals surface area contributed by atoms with Gasteiger partial charge in [-0.2, -0.15) is 0 Å². The maximum absolute atomic E-state index is 12.7. The van der Waals surface area contributed by atoms with Crippen LogP contribution in [-0.2, 0) is 11.2 Å². The highest BCUT2D eigenvalue weighted by Crippen LogP contribution is 2.35. The molecule has 0 saturated carbocycles. The number of fused-ring (bicyclic) bond motifs is 1. The number of carbonyl (C=O) groups excluding carboxylic acids is 2. The fourth-order valence-corrected chi connectivity index (χ4v) is 2.57. The molecule has 1 aliphatic rings. The maximum Gasteiger partial charge on any atom is 0.265 e. The molecule has 1 aliphatic heterocycles. The number of imide groups is 1. The van der Waals surface area contributed by atoms with Crippen molar-refractivity contribution in [3.05, 3.63) is 53.6 Å². The topological polar surface area (TPSA) is 55.8 Å². The van der Waals surface area contributed by atoms with Gasteiger partial charge in [-0.1, -0.05) is 18.2 Å². The van der Waals surface area contributed by atoms with Crippen molar-refractivity contribution in [1.29, 1.82) is 0 Å². The van der Waals surface area contributed by atoms with Gasteiger partial charge in [-0.25, -0.2) is 4.90 Å². The van der Waals surface area contributed by atoms with Crippen LogP contribution in [0.3, 0.4) is 0 Å². The number of benzene rings is 2. The zero-order valence-electron chi connectivity index (χ0n) is 12.3. The minimum Gasteiger partial charge on any atom is -0.497 e. The Morgan fingerprint density at radius 3 is 2.50 bits per heavy atom. The predicted octanol–water partition coefficient (Wildman–Crippen LogP) is 2.43. The Balaban J connectivity index is 2.12. The van der Waals surface area contributed by atoms with Crippen molar-refractivity contribution in [2.45, 2.75) is 6.42 Å². The Kier molecular flexibility index (Phi) is 3.55. The molecule has 0 aromatic heterocycles. The summed E-state index contributed by atoms with van der Waals surface area (Å²) in [6.45, 7) is 0. The number of hydrogen-bond donors (Lipinski definition) is 0. The van der Waals surface area contributed by atoms with E-state index >= 15 is 0 Å². The lowest BCUT2D eigenvalue weighted by molar-refractivity contribution is -0.117. The van der Waals surface area contributed by atoms with Crippen LogP contribution in [0.25, 0.3) is 0 Å². The molecule has 0 radical (unpaired) electrons. The first-order valence-corrected chi connectivity index (χ1v) is 6.83. The summed E-state index contributed by atoms with van der Waals surface area (Å²) in [6.07, 6.45) is 0.183. The van der Waals surface area contributed by atoms with E-state index in [-0.39, 0.29) is 18.2 Å². The summed E-state index contributed by atoms with van der Waals surface area (Å²) < 4.78 is 10.5. The van der Waals surface area contributed by atoms with Crippen LogP contribution in [0.5, 0.6) is 11.5 Å². The highest BCUT2D eigenvalue weighted by atomic mass is 16.5. The molecule has 2 amide bonds. The number of rotatable bonds is 3. The van der Waals surface area contributed by atoms with E-state index < -0.39 is 0 Å². The molecule has 2 aromatic rings. The SMILES string of the molecule is COc1ccc(OC)c(N2C(=O)Cc3ccccc3C2=O)c1. The summed E-state index contributed by atoms with van der Waals surface area (Å²) in [7, 11) is 3.03. The molecule has 0 N–H and O–H groups in total. The molecule has 0 saturated heterocycles. The van der Waals surface area contributed by atoms with E-state index in [0.29, 0.717) is 22.7 Å². The van der Waals surface area contributed by atoms with Gasteiger partial charge in [0.05, 0.1) is 26.3 Å². The van der Waals surface area contributed by atoms with E-state index in [2.05, 4.69) is 0 Å². The Morgan fingerprint density at radius 2 is 1.77 bits per heavy atom. The van der Waals surface area contributed by atoms with Crippen molar-refractivity contribution < 1.29 is 19.1 Å². The first-order valence-electron chi connectivity index (χ1n) is 6.83. The molecule has 2 aromatic carbocycles. The number of ether oxygens (including phenoxy) is 2. The van der Waals surface area contributed by atoms with E-state index in [1.54, 1.807) is 36.4 Å². The van der Waals surface area contributed by atoms with E-state index in [1.807, 2.05) is 6.07 Å². The smallest absolute Gasteiger partial charge is 0.265 e. The average molecular weight is 297 g/mol. The van der Waals surface area contributed by atoms with Crippen LogP contribution in [-0.4, -0.2) is 26.0 Å². The summed E-state index contributed by atoms with van der Waals surface area (Å²) in [5.74, 6) is 0.366. The number of amides is 2. The molecule has 112 valence electrons. The summed E-state index contributed by atoms with van der Waals surface area (Å²) in [6, 6.07) is 12.1. The summed E-state index contributed by atoms with van der Waals surface area (Å²) >= 11 is 0. The lowest BCUT2D eigenvalue weighted by atomic mass is 9.98. The second kappa shape index (κ2) is 5.52. The molecule has 0 bridgehead atoms. The van der Waals surface area contributed by atoms with Gasteiger partial charge in [0.15, 0.2) is 0 Å². The molecule has 3 rings (SSSR count). The van der Waals surface area contributed by atoms with Gasteiger partial charge in [-0.15, -0.1) is 0 Å². The lowest BCUT2D eigenvalue weighted by Crippen LogP contribution is -2.42. The maximum atomic E-state index is 12.7. The quantitative estimate of drug-likeness (QED) is 0.817. The number of methoxy groups -OCH3 is 2. The molecule has 0 spiro atoms. The normalized spacial score (nSPS) is 13.8. The fraction of sp³-hybridized carbons (Fsp3) is 0.176. The highest BCUT2D eigenvalue weighted by molar-refractivity contribution is 6.25. The molecule has 0 aliphatic carbocycles. The van der Waals surface area contributed by atoms with Crippen molar-refractivity contribution in [2.24, 2.45) is 0 Å². The van der Waals surface area contributed by atoms with E-state index in [0.717, 1.165) is 10.5 Å². The van der Waals surface area contributed by atoms with Gasteiger partial charge in [0.25, 0.3) is 5.91 Å². The summed E-state index contributed by atoms with van der Waals surface area (Å²) in [5.41, 5.74) is 1.67. The monoisotopic (exact) mass is 297 g/mol. The third-order valence-electron chi connectivity index (χ3n) is 3.67. The summed E-state index contributed by atoms with van der Waals surface area (Å²) in [4.78, 5) is 26.3. The molecule has 5 nitrogen and oxygen atoms in total. The van der Waals surface area contributed by atoms with Gasteiger partial charge < -0.3 is 9.47 Å². The van der Waals surface area contributed by atoms with Crippen LogP contribution in [0.1, 0.15) is 15.9 Å². The highest BCUT2D eigenvalue weighted by Gasteiger charge is 2.33. The number of hydrogen-bond acceptors (Lipinski definition) is 4. The zero-order valence-corrected chi connectivity index (χ0v) is 12.3. The molecule has 0 atom stereocenters. The standard InChI is InChI=1S/C17H15NO4/c1-21-12-7-8-15(22-2)14(10-12)18-16(19)9-11-5-3-4-6-13(11)17(18)20/h3-8,10H,9H2,1-2H3. The van der Waals surface area contributed by atoms with Crippen molar-refractivity contribution in [2.75, 3.05) is 19.1 Å². The first kappa shape index (κ1) is 14.1. The zero-order chi connectivity index (χ0) is 15.7. The number of carbonyl (C=O) groups is 2. The number of anilines is 1. The van der Waals surface area contributed by atoms with Gasteiger partial charge >= 0.3 is 0 Å². The predicted molar refractivity (Wildman–Crippen MR) is 81.5 cm³/mol. The first-order chi connectivity index (χ1) is 10.7. The molecule has 22 heavy (non-hydrogen) atoms. The molecule has 1 heterocycles. The van der Waals surface area contributed by atoms with E-state index in [1.165, 1.54) is 14.2 Å². The van der Waals surface area contributed by atoms with Crippen LogP contribution >= 0.6 is 0 Å². The largest absolute Gasteiger partial charge is 0.497 e. The van der Waals surface area contributed by atoms with Crippen LogP contribution < -0.4 is 14.4 Å². The summed E-state index contributed by atoms with van der Waals surface area (Å²) in [5, 5.41) is 0. The minimum absolute atomic E-state index is 0.183. The van der Waals surface area contributed by atoms with Gasteiger partial charge in [0.2, 0.25) is 5.91 Å². The molecular formula is C17H15NO4. The molecule has 0 fully saturated rings. The van der Waals surface area contributed by atoms with E-state index in [4.69, 9.17) is 9.47 Å². The third kappa shape index (κ3) is 2.20. The average Bonchev–Trinajstić information content (AvgIpc) is 2.54. The Morgan fingerprint density at radius 1 is 1.00 bits per heavy atom. The second-order valence-corrected chi connectivity index (χ2v) is 4.91. The number of nitrogens with zero attached hydrogens (tertiary/aromatic N) is 1. The van der Waals surface area contributed by atoms with Crippen LogP contribution in [0.15, 0.2) is 42.5 Å². The molecular weight excluding hydrogens is 282 g/mol. The van der Waals surface area contributed by atoms with Crippen LogP contribution in [0.4, 0.5) is 5.69 Å². The van der Waals surface area contributed by atoms with E-state index in [9.17, 15) is 9.59 Å². The Bertz CT molecular complexity index is 754. The van der Waals surface area contributed by atoms with Crippen molar-refractivity contribution >= 4 is 17.5 Å². The lowest BCUT2D eigenvalue weighted by Gasteiger charge is -2.28. The third-order valence-corrected chi connectivity index (χ3v) is 3.67. The van der Waals surface area contributed by atoms with Crippen LogP contribution in [0.2, 0.25) is 0 Å². The van der Waals surface area contributed by atoms with Crippen LogP contribution in [0, 0.1) is 0 Å². The van der Waals surface area contributed by atoms with Gasteiger partial charge in [0, 0.05) is 11.6 Å². The van der Waals surface area contributed by atoms with Crippen molar-refractivity contribution in [1.82, 2.24) is 0 Å². The molecule has 0 unspecified atom stereocenters. The fourth-order valence-electron chi connectivity index (χ4n) is 2.57.